The minimum absolute atomic E-state index is 0.225. The molecule has 4 aromatic rings. The number of hydrogen-bond donors (Lipinski definition) is 0. The molecule has 2 unspecified atom stereocenters. The van der Waals surface area contributed by atoms with Crippen LogP contribution in [-0.2, 0) is 22.3 Å². The Hall–Kier alpha value is -3.30. The van der Waals surface area contributed by atoms with E-state index in [1.54, 1.807) is 6.92 Å². The lowest BCUT2D eigenvalue weighted by molar-refractivity contribution is -0.145. The fraction of sp³-hybridized carbons (Fsp3) is 0.424. The van der Waals surface area contributed by atoms with Crippen molar-refractivity contribution >= 4 is 27.7 Å². The van der Waals surface area contributed by atoms with Gasteiger partial charge in [-0.25, -0.2) is 0 Å². The standard InChI is InChI=1S/C33H36F3N3O2S/c1-4-41-32(40)29(14-21(2)3)27-17-25(23-8-10-28(11-9-23)33(34,35)36)16-26(18-27)24-6-5-13-39(20-24)19-22-7-12-30-31(15-22)42-38-37-30/h7-12,15-18,21,24,29H,4-6,13-14,19-20H2,1-3H3. The number of fused-ring (bicyclic) bond motifs is 1. The molecule has 9 heteroatoms. The van der Waals surface area contributed by atoms with E-state index in [9.17, 15) is 18.0 Å². The van der Waals surface area contributed by atoms with Crippen LogP contribution < -0.4 is 0 Å². The predicted molar refractivity (Wildman–Crippen MR) is 160 cm³/mol. The van der Waals surface area contributed by atoms with Gasteiger partial charge in [0.2, 0.25) is 0 Å². The Balaban J connectivity index is 1.48. The van der Waals surface area contributed by atoms with Crippen LogP contribution in [0.3, 0.4) is 0 Å². The molecule has 0 amide bonds. The molecule has 222 valence electrons. The molecular weight excluding hydrogens is 559 g/mol. The van der Waals surface area contributed by atoms with Crippen LogP contribution in [0.5, 0.6) is 0 Å². The molecule has 1 aliphatic rings. The van der Waals surface area contributed by atoms with Gasteiger partial charge in [-0.1, -0.05) is 54.7 Å². The number of rotatable bonds is 9. The highest BCUT2D eigenvalue weighted by atomic mass is 32.1. The second-order valence-electron chi connectivity index (χ2n) is 11.5. The summed E-state index contributed by atoms with van der Waals surface area (Å²) in [7, 11) is 0. The molecule has 2 heterocycles. The van der Waals surface area contributed by atoms with Gasteiger partial charge in [-0.3, -0.25) is 9.69 Å². The van der Waals surface area contributed by atoms with Gasteiger partial charge in [0.1, 0.15) is 5.52 Å². The fourth-order valence-corrected chi connectivity index (χ4v) is 6.49. The molecule has 0 N–H and O–H groups in total. The highest BCUT2D eigenvalue weighted by molar-refractivity contribution is 7.12. The highest BCUT2D eigenvalue weighted by Gasteiger charge is 2.31. The summed E-state index contributed by atoms with van der Waals surface area (Å²) in [6, 6.07) is 17.7. The second-order valence-corrected chi connectivity index (χ2v) is 12.3. The van der Waals surface area contributed by atoms with Gasteiger partial charge >= 0.3 is 12.1 Å². The summed E-state index contributed by atoms with van der Waals surface area (Å²) in [4.78, 5) is 15.6. The average Bonchev–Trinajstić information content (AvgIpc) is 3.43. The van der Waals surface area contributed by atoms with Crippen molar-refractivity contribution in [2.45, 2.75) is 64.6 Å². The zero-order valence-corrected chi connectivity index (χ0v) is 25.0. The van der Waals surface area contributed by atoms with Crippen LogP contribution in [0, 0.1) is 5.92 Å². The third kappa shape index (κ3) is 7.18. The van der Waals surface area contributed by atoms with Crippen LogP contribution in [0.25, 0.3) is 21.3 Å². The lowest BCUT2D eigenvalue weighted by Gasteiger charge is -2.33. The molecule has 1 aliphatic heterocycles. The molecule has 5 nitrogen and oxygen atoms in total. The first-order valence-corrected chi connectivity index (χ1v) is 15.3. The van der Waals surface area contributed by atoms with Gasteiger partial charge < -0.3 is 4.74 Å². The van der Waals surface area contributed by atoms with E-state index in [4.69, 9.17) is 4.74 Å². The van der Waals surface area contributed by atoms with Crippen molar-refractivity contribution in [2.24, 2.45) is 5.92 Å². The van der Waals surface area contributed by atoms with Crippen LogP contribution >= 0.6 is 11.5 Å². The van der Waals surface area contributed by atoms with E-state index in [0.29, 0.717) is 18.6 Å². The van der Waals surface area contributed by atoms with Crippen LogP contribution in [0.1, 0.15) is 74.1 Å². The third-order valence-electron chi connectivity index (χ3n) is 7.90. The Labute approximate surface area is 248 Å². The number of ether oxygens (including phenoxy) is 1. The molecule has 3 aromatic carbocycles. The number of aromatic nitrogens is 2. The molecule has 0 spiro atoms. The molecule has 1 aromatic heterocycles. The van der Waals surface area contributed by atoms with Crippen molar-refractivity contribution in [2.75, 3.05) is 19.7 Å². The summed E-state index contributed by atoms with van der Waals surface area (Å²) >= 11 is 1.40. The lowest BCUT2D eigenvalue weighted by atomic mass is 9.83. The largest absolute Gasteiger partial charge is 0.466 e. The number of piperidine rings is 1. The number of nitrogens with zero attached hydrogens (tertiary/aromatic N) is 3. The fourth-order valence-electron chi connectivity index (χ4n) is 5.86. The third-order valence-corrected chi connectivity index (χ3v) is 8.59. The van der Waals surface area contributed by atoms with E-state index >= 15 is 0 Å². The van der Waals surface area contributed by atoms with Crippen molar-refractivity contribution in [3.63, 3.8) is 0 Å². The van der Waals surface area contributed by atoms with Crippen molar-refractivity contribution in [1.29, 1.82) is 0 Å². The van der Waals surface area contributed by atoms with E-state index in [0.717, 1.165) is 71.5 Å². The summed E-state index contributed by atoms with van der Waals surface area (Å²) < 4.78 is 50.4. The topological polar surface area (TPSA) is 55.3 Å². The predicted octanol–water partition coefficient (Wildman–Crippen LogP) is 8.45. The SMILES string of the molecule is CCOC(=O)C(CC(C)C)c1cc(-c2ccc(C(F)(F)F)cc2)cc(C2CCCN(Cc3ccc4nnsc4c3)C2)c1. The number of hydrogen-bond acceptors (Lipinski definition) is 6. The smallest absolute Gasteiger partial charge is 0.416 e. The monoisotopic (exact) mass is 595 g/mol. The van der Waals surface area contributed by atoms with Crippen molar-refractivity contribution in [1.82, 2.24) is 14.5 Å². The van der Waals surface area contributed by atoms with Gasteiger partial charge in [0.05, 0.1) is 22.8 Å². The summed E-state index contributed by atoms with van der Waals surface area (Å²) in [5, 5.41) is 4.14. The van der Waals surface area contributed by atoms with E-state index in [2.05, 4.69) is 52.6 Å². The Morgan fingerprint density at radius 2 is 1.86 bits per heavy atom. The maximum absolute atomic E-state index is 13.3. The minimum atomic E-state index is -4.40. The molecule has 0 aliphatic carbocycles. The first kappa shape index (κ1) is 30.2. The maximum atomic E-state index is 13.3. The van der Waals surface area contributed by atoms with Gasteiger partial charge in [0.25, 0.3) is 0 Å². The normalized spacial score (nSPS) is 17.1. The van der Waals surface area contributed by atoms with Gasteiger partial charge in [-0.05, 0) is 108 Å². The average molecular weight is 596 g/mol. The summed E-state index contributed by atoms with van der Waals surface area (Å²) in [5.74, 6) is -0.228. The zero-order chi connectivity index (χ0) is 29.9. The zero-order valence-electron chi connectivity index (χ0n) is 24.2. The Morgan fingerprint density at radius 3 is 2.57 bits per heavy atom. The van der Waals surface area contributed by atoms with Gasteiger partial charge in [0, 0.05) is 13.1 Å². The molecular formula is C33H36F3N3O2S. The Bertz CT molecular complexity index is 1520. The van der Waals surface area contributed by atoms with Crippen molar-refractivity contribution in [3.8, 4) is 11.1 Å². The van der Waals surface area contributed by atoms with Crippen molar-refractivity contribution in [3.05, 3.63) is 82.9 Å². The Kier molecular flexibility index (Phi) is 9.28. The molecule has 0 radical (unpaired) electrons. The lowest BCUT2D eigenvalue weighted by Crippen LogP contribution is -2.34. The van der Waals surface area contributed by atoms with Crippen LogP contribution in [0.4, 0.5) is 13.2 Å². The molecule has 2 atom stereocenters. The van der Waals surface area contributed by atoms with E-state index < -0.39 is 17.7 Å². The van der Waals surface area contributed by atoms with Gasteiger partial charge in [-0.15, -0.1) is 5.10 Å². The van der Waals surface area contributed by atoms with E-state index in [-0.39, 0.29) is 17.8 Å². The van der Waals surface area contributed by atoms with Crippen LogP contribution in [0.2, 0.25) is 0 Å². The molecule has 5 rings (SSSR count). The summed E-state index contributed by atoms with van der Waals surface area (Å²) in [6.07, 6.45) is -1.74. The maximum Gasteiger partial charge on any atom is 0.416 e. The highest BCUT2D eigenvalue weighted by Crippen LogP contribution is 2.37. The number of esters is 1. The number of likely N-dealkylation sites (tertiary alicyclic amines) is 1. The van der Waals surface area contributed by atoms with Gasteiger partial charge in [-0.2, -0.15) is 13.2 Å². The van der Waals surface area contributed by atoms with Crippen LogP contribution in [-0.4, -0.2) is 40.2 Å². The second kappa shape index (κ2) is 12.9. The first-order valence-electron chi connectivity index (χ1n) is 14.5. The molecule has 42 heavy (non-hydrogen) atoms. The minimum Gasteiger partial charge on any atom is -0.466 e. The van der Waals surface area contributed by atoms with E-state index in [1.807, 2.05) is 12.1 Å². The number of benzene rings is 3. The number of carbonyl (C=O) groups excluding carboxylic acids is 1. The summed E-state index contributed by atoms with van der Waals surface area (Å²) in [5.41, 5.74) is 4.91. The summed E-state index contributed by atoms with van der Waals surface area (Å²) in [6.45, 7) is 8.89. The number of alkyl halides is 3. The molecule has 0 saturated carbocycles. The molecule has 1 saturated heterocycles. The number of carbonyl (C=O) groups is 1. The van der Waals surface area contributed by atoms with Crippen LogP contribution in [0.15, 0.2) is 60.7 Å². The number of halogens is 3. The molecule has 1 fully saturated rings. The van der Waals surface area contributed by atoms with Crippen molar-refractivity contribution < 1.29 is 22.7 Å². The Morgan fingerprint density at radius 1 is 1.07 bits per heavy atom. The van der Waals surface area contributed by atoms with E-state index in [1.165, 1.54) is 29.2 Å². The van der Waals surface area contributed by atoms with Gasteiger partial charge in [0.15, 0.2) is 0 Å². The first-order chi connectivity index (χ1) is 20.1. The molecule has 0 bridgehead atoms. The quantitative estimate of drug-likeness (QED) is 0.182.